The Balaban J connectivity index is 1.70. The van der Waals surface area contributed by atoms with E-state index in [1.165, 1.54) is 6.07 Å². The maximum absolute atomic E-state index is 15.6. The first kappa shape index (κ1) is 22.2. The predicted octanol–water partition coefficient (Wildman–Crippen LogP) is 6.53. The summed E-state index contributed by atoms with van der Waals surface area (Å²) in [7, 11) is 0. The first-order valence-corrected chi connectivity index (χ1v) is 10.7. The third kappa shape index (κ3) is 4.92. The van der Waals surface area contributed by atoms with Crippen molar-refractivity contribution in [3.63, 3.8) is 0 Å². The number of amides is 2. The highest BCUT2D eigenvalue weighted by Gasteiger charge is 2.24. The first-order chi connectivity index (χ1) is 15.7. The second kappa shape index (κ2) is 8.86. The Kier molecular flexibility index (Phi) is 5.96. The Morgan fingerprint density at radius 3 is 2.42 bits per heavy atom. The quantitative estimate of drug-likeness (QED) is 0.335. The van der Waals surface area contributed by atoms with Crippen molar-refractivity contribution < 1.29 is 9.18 Å². The molecule has 33 heavy (non-hydrogen) atoms. The number of aromatic nitrogens is 3. The maximum Gasteiger partial charge on any atom is 0.323 e. The summed E-state index contributed by atoms with van der Waals surface area (Å²) in [6.07, 6.45) is 3.36. The molecule has 0 saturated heterocycles. The van der Waals surface area contributed by atoms with Gasteiger partial charge in [0.2, 0.25) is 0 Å². The van der Waals surface area contributed by atoms with Crippen LogP contribution in [-0.2, 0) is 5.41 Å². The highest BCUT2D eigenvalue weighted by molar-refractivity contribution is 6.00. The number of urea groups is 1. The zero-order valence-electron chi connectivity index (χ0n) is 19.0. The van der Waals surface area contributed by atoms with E-state index >= 15 is 4.39 Å². The van der Waals surface area contributed by atoms with Gasteiger partial charge in [0.05, 0.1) is 17.1 Å². The van der Waals surface area contributed by atoms with E-state index in [0.29, 0.717) is 22.6 Å². The fraction of sp³-hybridized carbons (Fsp3) is 0.192. The highest BCUT2D eigenvalue weighted by atomic mass is 19.1. The average Bonchev–Trinajstić information content (AvgIpc) is 3.22. The molecular weight excluding hydrogens is 417 g/mol. The molecule has 0 atom stereocenters. The number of H-pyrrole nitrogens is 1. The van der Waals surface area contributed by atoms with Gasteiger partial charge in [0.15, 0.2) is 5.82 Å². The van der Waals surface area contributed by atoms with E-state index in [1.54, 1.807) is 30.6 Å². The summed E-state index contributed by atoms with van der Waals surface area (Å²) in [4.78, 5) is 24.7. The third-order valence-electron chi connectivity index (χ3n) is 5.16. The highest BCUT2D eigenvalue weighted by Crippen LogP contribution is 2.36. The number of hydrogen-bond donors (Lipinski definition) is 3. The van der Waals surface area contributed by atoms with E-state index in [9.17, 15) is 4.79 Å². The molecule has 0 saturated carbocycles. The number of aryl methyl sites for hydroxylation is 1. The van der Waals surface area contributed by atoms with Crippen LogP contribution in [0, 0.1) is 12.7 Å². The summed E-state index contributed by atoms with van der Waals surface area (Å²) >= 11 is 0. The van der Waals surface area contributed by atoms with Crippen molar-refractivity contribution in [1.82, 2.24) is 15.0 Å². The predicted molar refractivity (Wildman–Crippen MR) is 130 cm³/mol. The number of carbonyl (C=O) groups is 1. The third-order valence-corrected chi connectivity index (χ3v) is 5.16. The standard InChI is InChI=1S/C26H26FN5O/c1-16-7-5-8-18(15-16)29-25(33)30-20-10-6-9-19(21(20)27)23-22(17-11-13-28-14-12-17)31-24(32-23)26(2,3)4/h5-15H,1-4H3,(H,31,32)(H2,29,30,33). The molecular formula is C26H26FN5O. The van der Waals surface area contributed by atoms with Crippen molar-refractivity contribution in [1.29, 1.82) is 0 Å². The number of anilines is 2. The molecule has 7 heteroatoms. The monoisotopic (exact) mass is 443 g/mol. The van der Waals surface area contributed by atoms with Crippen LogP contribution in [0.3, 0.4) is 0 Å². The van der Waals surface area contributed by atoms with E-state index in [4.69, 9.17) is 4.98 Å². The van der Waals surface area contributed by atoms with E-state index in [-0.39, 0.29) is 11.1 Å². The van der Waals surface area contributed by atoms with E-state index in [2.05, 4.69) is 20.6 Å². The van der Waals surface area contributed by atoms with Crippen molar-refractivity contribution in [3.8, 4) is 22.5 Å². The Hall–Kier alpha value is -4.00. The van der Waals surface area contributed by atoms with E-state index in [0.717, 1.165) is 17.0 Å². The lowest BCUT2D eigenvalue weighted by Crippen LogP contribution is -2.20. The molecule has 2 amide bonds. The van der Waals surface area contributed by atoms with Crippen molar-refractivity contribution in [2.24, 2.45) is 0 Å². The fourth-order valence-electron chi connectivity index (χ4n) is 3.47. The molecule has 4 rings (SSSR count). The van der Waals surface area contributed by atoms with Crippen LogP contribution in [0.2, 0.25) is 0 Å². The topological polar surface area (TPSA) is 82.7 Å². The number of pyridine rings is 1. The first-order valence-electron chi connectivity index (χ1n) is 10.7. The molecule has 0 unspecified atom stereocenters. The zero-order chi connectivity index (χ0) is 23.6. The molecule has 3 N–H and O–H groups in total. The molecule has 0 aliphatic carbocycles. The van der Waals surface area contributed by atoms with Crippen molar-refractivity contribution in [2.45, 2.75) is 33.1 Å². The van der Waals surface area contributed by atoms with Crippen LogP contribution in [0.15, 0.2) is 67.0 Å². The summed E-state index contributed by atoms with van der Waals surface area (Å²) in [5.41, 5.74) is 3.76. The van der Waals surface area contributed by atoms with E-state index < -0.39 is 11.8 Å². The smallest absolute Gasteiger partial charge is 0.323 e. The largest absolute Gasteiger partial charge is 0.341 e. The van der Waals surface area contributed by atoms with Crippen molar-refractivity contribution in [2.75, 3.05) is 10.6 Å². The van der Waals surface area contributed by atoms with Gasteiger partial charge in [-0.05, 0) is 48.9 Å². The number of hydrogen-bond acceptors (Lipinski definition) is 3. The lowest BCUT2D eigenvalue weighted by molar-refractivity contribution is 0.262. The molecule has 2 aromatic carbocycles. The van der Waals surface area contributed by atoms with Crippen LogP contribution in [0.4, 0.5) is 20.6 Å². The normalized spacial score (nSPS) is 11.3. The number of carbonyl (C=O) groups excluding carboxylic acids is 1. The molecule has 0 spiro atoms. The summed E-state index contributed by atoms with van der Waals surface area (Å²) in [5.74, 6) is 0.179. The van der Waals surface area contributed by atoms with Gasteiger partial charge in [0.1, 0.15) is 5.82 Å². The van der Waals surface area contributed by atoms with Crippen LogP contribution < -0.4 is 10.6 Å². The number of halogens is 1. The summed E-state index contributed by atoms with van der Waals surface area (Å²) < 4.78 is 15.6. The van der Waals surface area contributed by atoms with Gasteiger partial charge in [-0.1, -0.05) is 39.0 Å². The molecule has 4 aromatic rings. The van der Waals surface area contributed by atoms with Gasteiger partial charge >= 0.3 is 6.03 Å². The Bertz CT molecular complexity index is 1290. The average molecular weight is 444 g/mol. The number of rotatable bonds is 4. The summed E-state index contributed by atoms with van der Waals surface area (Å²) in [5, 5.41) is 5.35. The fourth-order valence-corrected chi connectivity index (χ4v) is 3.47. The Morgan fingerprint density at radius 1 is 1.00 bits per heavy atom. The van der Waals surface area contributed by atoms with Gasteiger partial charge in [-0.25, -0.2) is 14.2 Å². The molecule has 0 aliphatic heterocycles. The SMILES string of the molecule is Cc1cccc(NC(=O)Nc2cccc(-c3nc(C(C)(C)C)[nH]c3-c3ccncc3)c2F)c1. The summed E-state index contributed by atoms with van der Waals surface area (Å²) in [6.45, 7) is 8.05. The second-order valence-corrected chi connectivity index (χ2v) is 8.91. The van der Waals surface area contributed by atoms with Crippen LogP contribution in [0.25, 0.3) is 22.5 Å². The Morgan fingerprint density at radius 2 is 1.73 bits per heavy atom. The van der Waals surface area contributed by atoms with Crippen LogP contribution in [-0.4, -0.2) is 21.0 Å². The molecule has 2 heterocycles. The van der Waals surface area contributed by atoms with Crippen molar-refractivity contribution in [3.05, 3.63) is 84.2 Å². The molecule has 6 nitrogen and oxygen atoms in total. The number of nitrogens with one attached hydrogen (secondary N) is 3. The van der Waals surface area contributed by atoms with Gasteiger partial charge in [0.25, 0.3) is 0 Å². The minimum atomic E-state index is -0.556. The molecule has 2 aromatic heterocycles. The van der Waals surface area contributed by atoms with Gasteiger partial charge in [-0.2, -0.15) is 0 Å². The lowest BCUT2D eigenvalue weighted by atomic mass is 9.96. The van der Waals surface area contributed by atoms with Crippen LogP contribution in [0.1, 0.15) is 32.2 Å². The Labute approximate surface area is 192 Å². The number of nitrogens with zero attached hydrogens (tertiary/aromatic N) is 2. The minimum Gasteiger partial charge on any atom is -0.341 e. The second-order valence-electron chi connectivity index (χ2n) is 8.91. The van der Waals surface area contributed by atoms with Crippen LogP contribution in [0.5, 0.6) is 0 Å². The molecule has 0 aliphatic rings. The van der Waals surface area contributed by atoms with Crippen LogP contribution >= 0.6 is 0 Å². The zero-order valence-corrected chi connectivity index (χ0v) is 19.0. The van der Waals surface area contributed by atoms with Gasteiger partial charge in [-0.15, -0.1) is 0 Å². The van der Waals surface area contributed by atoms with Gasteiger partial charge in [0, 0.05) is 34.6 Å². The minimum absolute atomic E-state index is 0.0682. The maximum atomic E-state index is 15.6. The number of aromatic amines is 1. The summed E-state index contributed by atoms with van der Waals surface area (Å²) in [6, 6.07) is 15.4. The van der Waals surface area contributed by atoms with Gasteiger partial charge < -0.3 is 15.6 Å². The molecule has 168 valence electrons. The number of imidazole rings is 1. The molecule has 0 bridgehead atoms. The lowest BCUT2D eigenvalue weighted by Gasteiger charge is -2.14. The van der Waals surface area contributed by atoms with Gasteiger partial charge in [-0.3, -0.25) is 4.98 Å². The molecule has 0 radical (unpaired) electrons. The number of benzene rings is 2. The van der Waals surface area contributed by atoms with Crippen molar-refractivity contribution >= 4 is 17.4 Å². The van der Waals surface area contributed by atoms with E-state index in [1.807, 2.05) is 58.0 Å². The molecule has 0 fully saturated rings.